The van der Waals surface area contributed by atoms with Gasteiger partial charge in [-0.25, -0.2) is 0 Å². The molecule has 1 fully saturated rings. The molecule has 1 atom stereocenters. The molecule has 0 aromatic heterocycles. The molecule has 0 aromatic rings. The summed E-state index contributed by atoms with van der Waals surface area (Å²) in [5, 5.41) is 7.05. The number of nitrogens with one attached hydrogen (secondary N) is 2. The standard InChI is InChI=1S/C10H22N2/c1-2-7-11-9-10-6-4-3-5-8-12-10/h10-12H,2-9H2,1H3. The molecule has 1 rings (SSSR count). The highest BCUT2D eigenvalue weighted by Gasteiger charge is 2.09. The van der Waals surface area contributed by atoms with Crippen LogP contribution in [-0.2, 0) is 0 Å². The van der Waals surface area contributed by atoms with E-state index in [1.54, 1.807) is 0 Å². The number of hydrogen-bond acceptors (Lipinski definition) is 2. The minimum atomic E-state index is 0.735. The lowest BCUT2D eigenvalue weighted by Gasteiger charge is -2.15. The molecule has 1 aliphatic rings. The van der Waals surface area contributed by atoms with Gasteiger partial charge in [-0.3, -0.25) is 0 Å². The molecule has 1 saturated heterocycles. The predicted octanol–water partition coefficient (Wildman–Crippen LogP) is 1.52. The lowest BCUT2D eigenvalue weighted by molar-refractivity contribution is 0.470. The fourth-order valence-electron chi connectivity index (χ4n) is 1.73. The van der Waals surface area contributed by atoms with Crippen LogP contribution in [0, 0.1) is 0 Å². The lowest BCUT2D eigenvalue weighted by atomic mass is 10.1. The van der Waals surface area contributed by atoms with E-state index in [1.807, 2.05) is 0 Å². The first-order valence-corrected chi connectivity index (χ1v) is 5.37. The van der Waals surface area contributed by atoms with Crippen molar-refractivity contribution in [2.75, 3.05) is 19.6 Å². The molecule has 2 nitrogen and oxygen atoms in total. The molecular weight excluding hydrogens is 148 g/mol. The maximum atomic E-state index is 3.58. The van der Waals surface area contributed by atoms with E-state index in [-0.39, 0.29) is 0 Å². The summed E-state index contributed by atoms with van der Waals surface area (Å²) in [7, 11) is 0. The zero-order valence-corrected chi connectivity index (χ0v) is 8.23. The van der Waals surface area contributed by atoms with Crippen molar-refractivity contribution in [3.05, 3.63) is 0 Å². The summed E-state index contributed by atoms with van der Waals surface area (Å²) in [6.45, 7) is 5.76. The van der Waals surface area contributed by atoms with Gasteiger partial charge in [-0.1, -0.05) is 19.8 Å². The van der Waals surface area contributed by atoms with Gasteiger partial charge in [-0.05, 0) is 32.4 Å². The third kappa shape index (κ3) is 4.07. The van der Waals surface area contributed by atoms with Crippen molar-refractivity contribution < 1.29 is 0 Å². The van der Waals surface area contributed by atoms with Crippen LogP contribution < -0.4 is 10.6 Å². The van der Waals surface area contributed by atoms with E-state index in [1.165, 1.54) is 38.6 Å². The van der Waals surface area contributed by atoms with Gasteiger partial charge >= 0.3 is 0 Å². The lowest BCUT2D eigenvalue weighted by Crippen LogP contribution is -2.38. The minimum Gasteiger partial charge on any atom is -0.315 e. The van der Waals surface area contributed by atoms with E-state index in [4.69, 9.17) is 0 Å². The molecule has 1 heterocycles. The van der Waals surface area contributed by atoms with Crippen LogP contribution in [0.1, 0.15) is 39.0 Å². The summed E-state index contributed by atoms with van der Waals surface area (Å²) in [5.74, 6) is 0. The molecule has 0 aliphatic carbocycles. The molecule has 1 aliphatic heterocycles. The van der Waals surface area contributed by atoms with Crippen LogP contribution in [0.2, 0.25) is 0 Å². The van der Waals surface area contributed by atoms with E-state index in [2.05, 4.69) is 17.6 Å². The molecule has 0 saturated carbocycles. The fraction of sp³-hybridized carbons (Fsp3) is 1.00. The second-order valence-electron chi connectivity index (χ2n) is 3.70. The molecule has 0 aromatic carbocycles. The third-order valence-electron chi connectivity index (χ3n) is 2.48. The molecule has 2 N–H and O–H groups in total. The molecule has 2 heteroatoms. The Morgan fingerprint density at radius 3 is 3.08 bits per heavy atom. The van der Waals surface area contributed by atoms with Crippen LogP contribution in [0.25, 0.3) is 0 Å². The van der Waals surface area contributed by atoms with Crippen LogP contribution in [-0.4, -0.2) is 25.7 Å². The molecule has 0 radical (unpaired) electrons. The molecule has 0 bridgehead atoms. The Hall–Kier alpha value is -0.0800. The van der Waals surface area contributed by atoms with Crippen molar-refractivity contribution in [1.82, 2.24) is 10.6 Å². The van der Waals surface area contributed by atoms with Crippen LogP contribution >= 0.6 is 0 Å². The first kappa shape index (κ1) is 10.0. The fourth-order valence-corrected chi connectivity index (χ4v) is 1.73. The molecule has 72 valence electrons. The topological polar surface area (TPSA) is 24.1 Å². The van der Waals surface area contributed by atoms with Crippen molar-refractivity contribution in [3.63, 3.8) is 0 Å². The van der Waals surface area contributed by atoms with Crippen LogP contribution in [0.5, 0.6) is 0 Å². The second-order valence-corrected chi connectivity index (χ2v) is 3.70. The smallest absolute Gasteiger partial charge is 0.0192 e. The number of hydrogen-bond donors (Lipinski definition) is 2. The molecule has 0 spiro atoms. The first-order valence-electron chi connectivity index (χ1n) is 5.37. The largest absolute Gasteiger partial charge is 0.315 e. The van der Waals surface area contributed by atoms with Crippen LogP contribution in [0.3, 0.4) is 0 Å². The molecular formula is C10H22N2. The van der Waals surface area contributed by atoms with Gasteiger partial charge in [0.2, 0.25) is 0 Å². The van der Waals surface area contributed by atoms with E-state index in [9.17, 15) is 0 Å². The first-order chi connectivity index (χ1) is 5.93. The Morgan fingerprint density at radius 2 is 2.25 bits per heavy atom. The van der Waals surface area contributed by atoms with Crippen molar-refractivity contribution in [2.45, 2.75) is 45.1 Å². The van der Waals surface area contributed by atoms with Gasteiger partial charge in [0.05, 0.1) is 0 Å². The minimum absolute atomic E-state index is 0.735. The Kier molecular flexibility index (Phi) is 5.37. The highest BCUT2D eigenvalue weighted by atomic mass is 15.0. The second kappa shape index (κ2) is 6.44. The van der Waals surface area contributed by atoms with E-state index >= 15 is 0 Å². The van der Waals surface area contributed by atoms with E-state index in [0.717, 1.165) is 19.1 Å². The maximum absolute atomic E-state index is 3.58. The monoisotopic (exact) mass is 170 g/mol. The summed E-state index contributed by atoms with van der Waals surface area (Å²) < 4.78 is 0. The van der Waals surface area contributed by atoms with Crippen molar-refractivity contribution in [1.29, 1.82) is 0 Å². The Morgan fingerprint density at radius 1 is 1.33 bits per heavy atom. The summed E-state index contributed by atoms with van der Waals surface area (Å²) in [4.78, 5) is 0. The quantitative estimate of drug-likeness (QED) is 0.625. The molecule has 1 unspecified atom stereocenters. The summed E-state index contributed by atoms with van der Waals surface area (Å²) in [5.41, 5.74) is 0. The highest BCUT2D eigenvalue weighted by molar-refractivity contribution is 4.72. The van der Waals surface area contributed by atoms with Gasteiger partial charge < -0.3 is 10.6 Å². The van der Waals surface area contributed by atoms with Gasteiger partial charge in [0, 0.05) is 12.6 Å². The van der Waals surface area contributed by atoms with Crippen molar-refractivity contribution in [2.24, 2.45) is 0 Å². The van der Waals surface area contributed by atoms with Gasteiger partial charge in [0.15, 0.2) is 0 Å². The van der Waals surface area contributed by atoms with Gasteiger partial charge in [0.25, 0.3) is 0 Å². The average molecular weight is 170 g/mol. The van der Waals surface area contributed by atoms with Gasteiger partial charge in [-0.15, -0.1) is 0 Å². The van der Waals surface area contributed by atoms with Crippen molar-refractivity contribution in [3.8, 4) is 0 Å². The Bertz CT molecular complexity index is 96.0. The maximum Gasteiger partial charge on any atom is 0.0192 e. The van der Waals surface area contributed by atoms with E-state index in [0.29, 0.717) is 0 Å². The van der Waals surface area contributed by atoms with Crippen molar-refractivity contribution >= 4 is 0 Å². The van der Waals surface area contributed by atoms with E-state index < -0.39 is 0 Å². The summed E-state index contributed by atoms with van der Waals surface area (Å²) in [6, 6.07) is 0.735. The van der Waals surface area contributed by atoms with Crippen LogP contribution in [0.15, 0.2) is 0 Å². The Balaban J connectivity index is 2.04. The zero-order valence-electron chi connectivity index (χ0n) is 8.23. The average Bonchev–Trinajstić information content (AvgIpc) is 2.33. The zero-order chi connectivity index (χ0) is 8.65. The summed E-state index contributed by atoms with van der Waals surface area (Å²) >= 11 is 0. The SMILES string of the molecule is CCCNCC1CCCCCN1. The third-order valence-corrected chi connectivity index (χ3v) is 2.48. The predicted molar refractivity (Wildman–Crippen MR) is 53.4 cm³/mol. The normalized spacial score (nSPS) is 25.2. The van der Waals surface area contributed by atoms with Gasteiger partial charge in [-0.2, -0.15) is 0 Å². The van der Waals surface area contributed by atoms with Crippen LogP contribution in [0.4, 0.5) is 0 Å². The van der Waals surface area contributed by atoms with Gasteiger partial charge in [0.1, 0.15) is 0 Å². The molecule has 12 heavy (non-hydrogen) atoms. The highest BCUT2D eigenvalue weighted by Crippen LogP contribution is 2.07. The number of rotatable bonds is 4. The Labute approximate surface area is 76.1 Å². The molecule has 0 amide bonds. The summed E-state index contributed by atoms with van der Waals surface area (Å²) in [6.07, 6.45) is 6.79.